The van der Waals surface area contributed by atoms with Gasteiger partial charge in [0.25, 0.3) is 0 Å². The van der Waals surface area contributed by atoms with Crippen LogP contribution in [0.3, 0.4) is 0 Å². The minimum absolute atomic E-state index is 0. The molecule has 0 saturated heterocycles. The first kappa shape index (κ1) is 24.4. The fraction of sp³-hybridized carbons (Fsp3) is 0.500. The third-order valence-electron chi connectivity index (χ3n) is 1.26. The minimum Gasteiger partial charge on any atom is -0.481 e. The number of ketones is 2. The molecule has 0 aromatic carbocycles. The van der Waals surface area contributed by atoms with Crippen molar-refractivity contribution < 1.29 is 72.8 Å². The number of carbonyl (C=O) groups excluding carboxylic acids is 2. The summed E-state index contributed by atoms with van der Waals surface area (Å²) in [5, 5.41) is 15.5. The van der Waals surface area contributed by atoms with Crippen LogP contribution in [0, 0.1) is 0 Å². The van der Waals surface area contributed by atoms with E-state index in [1.807, 2.05) is 0 Å². The third-order valence-corrected chi connectivity index (χ3v) is 1.26. The Kier molecular flexibility index (Phi) is 10.9. The largest absolute Gasteiger partial charge is 0.481 e. The number of hydrogen-bond donors (Lipinski definition) is 2. The Morgan fingerprint density at radius 1 is 0.667 bits per heavy atom. The molecule has 0 aromatic rings. The van der Waals surface area contributed by atoms with Crippen LogP contribution < -0.4 is 0 Å². The van der Waals surface area contributed by atoms with Crippen molar-refractivity contribution in [2.75, 3.05) is 0 Å². The standard InChI is InChI=1S/2C4H3F3O3.Cu/c2*5-4(6,7)2(8)1-3(9)10;/h2*1H2,(H,9,10);. The summed E-state index contributed by atoms with van der Waals surface area (Å²) in [5.41, 5.74) is 0. The average molecular weight is 376 g/mol. The van der Waals surface area contributed by atoms with Crippen molar-refractivity contribution >= 4 is 23.5 Å². The van der Waals surface area contributed by atoms with E-state index in [0.29, 0.717) is 0 Å². The van der Waals surface area contributed by atoms with Gasteiger partial charge in [-0.25, -0.2) is 0 Å². The van der Waals surface area contributed by atoms with Crippen molar-refractivity contribution in [3.05, 3.63) is 0 Å². The van der Waals surface area contributed by atoms with Gasteiger partial charge in [-0.15, -0.1) is 0 Å². The van der Waals surface area contributed by atoms with Crippen LogP contribution in [0.5, 0.6) is 0 Å². The Labute approximate surface area is 122 Å². The molecule has 0 bridgehead atoms. The summed E-state index contributed by atoms with van der Waals surface area (Å²) in [7, 11) is 0. The zero-order chi connectivity index (χ0) is 16.7. The predicted octanol–water partition coefficient (Wildman–Crippen LogP) is 1.18. The molecule has 6 nitrogen and oxygen atoms in total. The van der Waals surface area contributed by atoms with E-state index >= 15 is 0 Å². The van der Waals surface area contributed by atoms with Gasteiger partial charge in [-0.05, 0) is 0 Å². The average Bonchev–Trinajstić information content (AvgIpc) is 2.13. The van der Waals surface area contributed by atoms with E-state index in [1.54, 1.807) is 0 Å². The van der Waals surface area contributed by atoms with Gasteiger partial charge in [0.15, 0.2) is 0 Å². The molecule has 13 heteroatoms. The number of rotatable bonds is 4. The smallest absolute Gasteiger partial charge is 0.450 e. The number of carboxylic acids is 2. The Balaban J connectivity index is -0.000000295. The van der Waals surface area contributed by atoms with Gasteiger partial charge in [0.05, 0.1) is 0 Å². The van der Waals surface area contributed by atoms with Crippen LogP contribution in [0.1, 0.15) is 12.8 Å². The quantitative estimate of drug-likeness (QED) is 0.434. The van der Waals surface area contributed by atoms with Crippen molar-refractivity contribution in [1.82, 2.24) is 0 Å². The normalized spacial score (nSPS) is 10.6. The van der Waals surface area contributed by atoms with Crippen molar-refractivity contribution in [2.24, 2.45) is 0 Å². The molecular formula is C8H6CuF6O6. The summed E-state index contributed by atoms with van der Waals surface area (Å²) < 4.78 is 67.2. The van der Waals surface area contributed by atoms with Crippen LogP contribution in [0.2, 0.25) is 0 Å². The second kappa shape index (κ2) is 9.34. The Morgan fingerprint density at radius 3 is 0.905 bits per heavy atom. The first-order chi connectivity index (χ1) is 8.67. The van der Waals surface area contributed by atoms with Crippen molar-refractivity contribution in [3.8, 4) is 0 Å². The number of Topliss-reactive ketones (excluding diaryl/α,β-unsaturated/α-hetero) is 2. The fourth-order valence-corrected chi connectivity index (χ4v) is 0.475. The molecule has 0 atom stereocenters. The summed E-state index contributed by atoms with van der Waals surface area (Å²) in [6, 6.07) is 0. The minimum atomic E-state index is -5.03. The molecule has 1 radical (unpaired) electrons. The molecule has 0 saturated carbocycles. The monoisotopic (exact) mass is 375 g/mol. The maximum atomic E-state index is 11.2. The van der Waals surface area contributed by atoms with Gasteiger partial charge >= 0.3 is 24.3 Å². The second-order valence-corrected chi connectivity index (χ2v) is 2.98. The zero-order valence-corrected chi connectivity index (χ0v) is 10.5. The number of halogens is 6. The molecule has 0 aliphatic heterocycles. The van der Waals surface area contributed by atoms with Crippen LogP contribution in [-0.4, -0.2) is 46.1 Å². The number of carboxylic acid groups (broad SMARTS) is 2. The number of carbonyl (C=O) groups is 4. The Bertz CT molecular complexity index is 363. The van der Waals surface area contributed by atoms with Gasteiger partial charge in [-0.2, -0.15) is 26.3 Å². The molecule has 0 aromatic heterocycles. The molecule has 127 valence electrons. The molecule has 0 heterocycles. The van der Waals surface area contributed by atoms with Gasteiger partial charge in [-0.3, -0.25) is 19.2 Å². The van der Waals surface area contributed by atoms with Gasteiger partial charge in [0, 0.05) is 17.1 Å². The number of aliphatic carboxylic acids is 2. The summed E-state index contributed by atoms with van der Waals surface area (Å²) in [6.07, 6.45) is -13.1. The summed E-state index contributed by atoms with van der Waals surface area (Å²) >= 11 is 0. The molecule has 0 amide bonds. The Hall–Kier alpha value is -1.62. The van der Waals surface area contributed by atoms with Gasteiger partial charge in [-0.1, -0.05) is 0 Å². The zero-order valence-electron chi connectivity index (χ0n) is 9.51. The van der Waals surface area contributed by atoms with Gasteiger partial charge in [0.1, 0.15) is 12.8 Å². The summed E-state index contributed by atoms with van der Waals surface area (Å²) in [6.45, 7) is 0. The molecular weight excluding hydrogens is 370 g/mol. The number of alkyl halides is 6. The number of hydrogen-bond acceptors (Lipinski definition) is 4. The maximum absolute atomic E-state index is 11.2. The first-order valence-corrected chi connectivity index (χ1v) is 4.31. The fourth-order valence-electron chi connectivity index (χ4n) is 0.475. The molecule has 2 N–H and O–H groups in total. The van der Waals surface area contributed by atoms with Crippen LogP contribution in [0.15, 0.2) is 0 Å². The molecule has 0 spiro atoms. The van der Waals surface area contributed by atoms with E-state index in [0.717, 1.165) is 0 Å². The van der Waals surface area contributed by atoms with Crippen LogP contribution in [-0.2, 0) is 36.2 Å². The van der Waals surface area contributed by atoms with E-state index in [2.05, 4.69) is 0 Å². The van der Waals surface area contributed by atoms with Crippen LogP contribution in [0.4, 0.5) is 26.3 Å². The predicted molar refractivity (Wildman–Crippen MR) is 46.6 cm³/mol. The van der Waals surface area contributed by atoms with E-state index in [4.69, 9.17) is 10.2 Å². The summed E-state index contributed by atoms with van der Waals surface area (Å²) in [4.78, 5) is 38.6. The van der Waals surface area contributed by atoms with E-state index in [-0.39, 0.29) is 17.1 Å². The van der Waals surface area contributed by atoms with Crippen molar-refractivity contribution in [1.29, 1.82) is 0 Å². The van der Waals surface area contributed by atoms with Crippen LogP contribution in [0.25, 0.3) is 0 Å². The molecule has 21 heavy (non-hydrogen) atoms. The molecule has 0 aliphatic rings. The first-order valence-electron chi connectivity index (χ1n) is 4.31. The SMILES string of the molecule is O=C(O)CC(=O)C(F)(F)F.O=C(O)CC(=O)C(F)(F)F.[Cu]. The van der Waals surface area contributed by atoms with E-state index in [1.165, 1.54) is 0 Å². The van der Waals surface area contributed by atoms with E-state index in [9.17, 15) is 45.5 Å². The van der Waals surface area contributed by atoms with Gasteiger partial charge in [0.2, 0.25) is 11.6 Å². The van der Waals surface area contributed by atoms with E-state index < -0.39 is 48.7 Å². The van der Waals surface area contributed by atoms with Crippen LogP contribution >= 0.6 is 0 Å². The van der Waals surface area contributed by atoms with Crippen molar-refractivity contribution in [3.63, 3.8) is 0 Å². The molecule has 0 fully saturated rings. The van der Waals surface area contributed by atoms with Gasteiger partial charge < -0.3 is 10.2 Å². The maximum Gasteiger partial charge on any atom is 0.450 e. The molecule has 0 aliphatic carbocycles. The summed E-state index contributed by atoms with van der Waals surface area (Å²) in [5.74, 6) is -8.02. The molecule has 0 rings (SSSR count). The second-order valence-electron chi connectivity index (χ2n) is 2.98. The molecule has 0 unspecified atom stereocenters. The van der Waals surface area contributed by atoms with Crippen molar-refractivity contribution in [2.45, 2.75) is 25.2 Å². The topological polar surface area (TPSA) is 109 Å². The third kappa shape index (κ3) is 14.6. The Morgan fingerprint density at radius 2 is 0.857 bits per heavy atom.